The number of halogens is 2. The van der Waals surface area contributed by atoms with Crippen LogP contribution in [0.5, 0.6) is 0 Å². The van der Waals surface area contributed by atoms with Crippen LogP contribution in [0, 0.1) is 0 Å². The summed E-state index contributed by atoms with van der Waals surface area (Å²) in [4.78, 5) is 22.7. The van der Waals surface area contributed by atoms with Crippen LogP contribution in [0.15, 0.2) is 30.6 Å². The minimum absolute atomic E-state index is 0.234. The summed E-state index contributed by atoms with van der Waals surface area (Å²) in [6.07, 6.45) is 2.03. The molecule has 0 atom stereocenters. The van der Waals surface area contributed by atoms with Gasteiger partial charge in [-0.1, -0.05) is 29.3 Å². The zero-order valence-corrected chi connectivity index (χ0v) is 15.1. The van der Waals surface area contributed by atoms with Crippen LogP contribution in [0.3, 0.4) is 0 Å². The van der Waals surface area contributed by atoms with Crippen LogP contribution in [0.1, 0.15) is 16.1 Å². The highest BCUT2D eigenvalue weighted by Crippen LogP contribution is 2.21. The van der Waals surface area contributed by atoms with Gasteiger partial charge in [0.15, 0.2) is 0 Å². The number of carbonyl (C=O) groups is 1. The van der Waals surface area contributed by atoms with Crippen molar-refractivity contribution < 1.29 is 9.53 Å². The Balaban J connectivity index is 1.57. The highest BCUT2D eigenvalue weighted by molar-refractivity contribution is 6.35. The first kappa shape index (κ1) is 17.9. The van der Waals surface area contributed by atoms with E-state index >= 15 is 0 Å². The van der Waals surface area contributed by atoms with Gasteiger partial charge in [-0.05, 0) is 24.1 Å². The molecule has 0 radical (unpaired) electrons. The zero-order chi connectivity index (χ0) is 17.6. The van der Waals surface area contributed by atoms with Crippen molar-refractivity contribution in [2.45, 2.75) is 6.42 Å². The topological polar surface area (TPSA) is 67.4 Å². The number of hydrogen-bond acceptors (Lipinski definition) is 5. The molecule has 1 aromatic heterocycles. The second kappa shape index (κ2) is 8.47. The number of benzene rings is 1. The van der Waals surface area contributed by atoms with Crippen LogP contribution in [0.25, 0.3) is 0 Å². The fourth-order valence-electron chi connectivity index (χ4n) is 2.56. The van der Waals surface area contributed by atoms with Crippen LogP contribution in [0.4, 0.5) is 5.82 Å². The van der Waals surface area contributed by atoms with E-state index in [1.807, 2.05) is 6.07 Å². The maximum Gasteiger partial charge on any atom is 0.270 e. The number of morpholine rings is 1. The molecule has 8 heteroatoms. The second-order valence-electron chi connectivity index (χ2n) is 5.60. The van der Waals surface area contributed by atoms with Crippen LogP contribution in [-0.2, 0) is 11.2 Å². The molecule has 1 fully saturated rings. The molecule has 0 spiro atoms. The maximum atomic E-state index is 12.3. The molecule has 6 nitrogen and oxygen atoms in total. The van der Waals surface area contributed by atoms with E-state index in [4.69, 9.17) is 27.9 Å². The van der Waals surface area contributed by atoms with Crippen molar-refractivity contribution in [2.75, 3.05) is 37.7 Å². The van der Waals surface area contributed by atoms with E-state index in [2.05, 4.69) is 20.2 Å². The van der Waals surface area contributed by atoms with E-state index in [-0.39, 0.29) is 5.91 Å². The minimum atomic E-state index is -0.234. The number of anilines is 1. The van der Waals surface area contributed by atoms with Crippen molar-refractivity contribution in [3.05, 3.63) is 51.9 Å². The van der Waals surface area contributed by atoms with Gasteiger partial charge in [-0.2, -0.15) is 0 Å². The molecule has 1 N–H and O–H groups in total. The Morgan fingerprint density at radius 3 is 2.76 bits per heavy atom. The number of carbonyl (C=O) groups excluding carboxylic acids is 1. The second-order valence-corrected chi connectivity index (χ2v) is 6.45. The van der Waals surface area contributed by atoms with Gasteiger partial charge in [0.05, 0.1) is 13.2 Å². The van der Waals surface area contributed by atoms with Gasteiger partial charge in [-0.3, -0.25) is 4.79 Å². The minimum Gasteiger partial charge on any atom is -0.378 e. The Bertz CT molecular complexity index is 751. The predicted octanol–water partition coefficient (Wildman–Crippen LogP) is 2.59. The molecule has 0 bridgehead atoms. The largest absolute Gasteiger partial charge is 0.378 e. The van der Waals surface area contributed by atoms with Gasteiger partial charge in [0, 0.05) is 35.7 Å². The summed E-state index contributed by atoms with van der Waals surface area (Å²) in [5.74, 6) is 0.506. The Morgan fingerprint density at radius 2 is 2.00 bits per heavy atom. The molecule has 0 saturated carbocycles. The lowest BCUT2D eigenvalue weighted by molar-refractivity contribution is 0.0949. The first-order valence-corrected chi connectivity index (χ1v) is 8.76. The van der Waals surface area contributed by atoms with Gasteiger partial charge in [0.25, 0.3) is 5.91 Å². The summed E-state index contributed by atoms with van der Waals surface area (Å²) in [6, 6.07) is 7.04. The molecule has 3 rings (SSSR count). The number of ether oxygens (including phenoxy) is 1. The molecule has 1 amide bonds. The molecule has 1 aliphatic rings. The normalized spacial score (nSPS) is 14.4. The molecular formula is C17H18Cl2N4O2. The molecule has 1 saturated heterocycles. The van der Waals surface area contributed by atoms with Crippen molar-refractivity contribution >= 4 is 34.9 Å². The summed E-state index contributed by atoms with van der Waals surface area (Å²) in [6.45, 7) is 3.29. The van der Waals surface area contributed by atoms with Gasteiger partial charge in [0.2, 0.25) is 0 Å². The maximum absolute atomic E-state index is 12.3. The summed E-state index contributed by atoms with van der Waals surface area (Å²) in [5, 5.41) is 4.04. The van der Waals surface area contributed by atoms with Crippen molar-refractivity contribution in [2.24, 2.45) is 0 Å². The Kier molecular flexibility index (Phi) is 6.07. The smallest absolute Gasteiger partial charge is 0.270 e. The molecule has 2 heterocycles. The average Bonchev–Trinajstić information content (AvgIpc) is 2.64. The fourth-order valence-corrected chi connectivity index (χ4v) is 3.07. The third kappa shape index (κ3) is 4.81. The van der Waals surface area contributed by atoms with Gasteiger partial charge < -0.3 is 15.0 Å². The standard InChI is InChI=1S/C17H18Cl2N4O2/c18-13-2-1-12(14(19)9-13)3-4-20-17(24)15-10-16(22-11-21-15)23-5-7-25-8-6-23/h1-2,9-11H,3-8H2,(H,20,24). The van der Waals surface area contributed by atoms with E-state index in [0.29, 0.717) is 41.9 Å². The van der Waals surface area contributed by atoms with E-state index < -0.39 is 0 Å². The number of aromatic nitrogens is 2. The summed E-state index contributed by atoms with van der Waals surface area (Å²) in [5.41, 5.74) is 1.28. The van der Waals surface area contributed by atoms with Crippen molar-refractivity contribution in [1.29, 1.82) is 0 Å². The molecule has 0 aliphatic carbocycles. The quantitative estimate of drug-likeness (QED) is 0.863. The molecule has 2 aromatic rings. The van der Waals surface area contributed by atoms with Gasteiger partial charge >= 0.3 is 0 Å². The van der Waals surface area contributed by atoms with Crippen LogP contribution >= 0.6 is 23.2 Å². The lowest BCUT2D eigenvalue weighted by Crippen LogP contribution is -2.37. The highest BCUT2D eigenvalue weighted by atomic mass is 35.5. The monoisotopic (exact) mass is 380 g/mol. The number of nitrogens with zero attached hydrogens (tertiary/aromatic N) is 3. The lowest BCUT2D eigenvalue weighted by atomic mass is 10.1. The molecular weight excluding hydrogens is 363 g/mol. The molecule has 1 aromatic carbocycles. The van der Waals surface area contributed by atoms with E-state index in [1.165, 1.54) is 6.33 Å². The van der Waals surface area contributed by atoms with Crippen LogP contribution in [0.2, 0.25) is 10.0 Å². The Hall–Kier alpha value is -1.89. The van der Waals surface area contributed by atoms with E-state index in [9.17, 15) is 4.79 Å². The number of hydrogen-bond donors (Lipinski definition) is 1. The van der Waals surface area contributed by atoms with Gasteiger partial charge in [-0.15, -0.1) is 0 Å². The van der Waals surface area contributed by atoms with Gasteiger partial charge in [-0.25, -0.2) is 9.97 Å². The number of rotatable bonds is 5. The predicted molar refractivity (Wildman–Crippen MR) is 97.6 cm³/mol. The zero-order valence-electron chi connectivity index (χ0n) is 13.5. The third-order valence-electron chi connectivity index (χ3n) is 3.92. The molecule has 132 valence electrons. The average molecular weight is 381 g/mol. The highest BCUT2D eigenvalue weighted by Gasteiger charge is 2.15. The first-order chi connectivity index (χ1) is 12.1. The molecule has 0 unspecified atom stereocenters. The van der Waals surface area contributed by atoms with E-state index in [0.717, 1.165) is 24.5 Å². The van der Waals surface area contributed by atoms with E-state index in [1.54, 1.807) is 18.2 Å². The summed E-state index contributed by atoms with van der Waals surface area (Å²) in [7, 11) is 0. The fraction of sp³-hybridized carbons (Fsp3) is 0.353. The molecule has 1 aliphatic heterocycles. The van der Waals surface area contributed by atoms with Gasteiger partial charge in [0.1, 0.15) is 17.8 Å². The summed E-state index contributed by atoms with van der Waals surface area (Å²) < 4.78 is 5.33. The van der Waals surface area contributed by atoms with Crippen LogP contribution in [-0.4, -0.2) is 48.7 Å². The summed E-state index contributed by atoms with van der Waals surface area (Å²) >= 11 is 12.0. The number of amides is 1. The van der Waals surface area contributed by atoms with Crippen LogP contribution < -0.4 is 10.2 Å². The SMILES string of the molecule is O=C(NCCc1ccc(Cl)cc1Cl)c1cc(N2CCOCC2)ncn1. The Labute approximate surface area is 156 Å². The van der Waals surface area contributed by atoms with Crippen molar-refractivity contribution in [3.63, 3.8) is 0 Å². The first-order valence-electron chi connectivity index (χ1n) is 8.00. The number of nitrogens with one attached hydrogen (secondary N) is 1. The van der Waals surface area contributed by atoms with Crippen molar-refractivity contribution in [3.8, 4) is 0 Å². The van der Waals surface area contributed by atoms with Crippen molar-refractivity contribution in [1.82, 2.24) is 15.3 Å². The molecule has 25 heavy (non-hydrogen) atoms. The lowest BCUT2D eigenvalue weighted by Gasteiger charge is -2.27. The third-order valence-corrected chi connectivity index (χ3v) is 4.50. The Morgan fingerprint density at radius 1 is 1.20 bits per heavy atom.